The number of fused-ring (bicyclic) bond motifs is 2. The standard InChI is InChI=1S/C20H20ClN3OS/c1-12-15(19(25)24-7-8-26-20(24)22-12)5-6-23-10-16-17(11-23)18(16)13-3-2-4-14(21)9-13/h2-4,7-9,16-18H,5-6,10-11H2,1H3. The first kappa shape index (κ1) is 16.5. The maximum Gasteiger partial charge on any atom is 0.261 e. The topological polar surface area (TPSA) is 37.6 Å². The zero-order valence-corrected chi connectivity index (χ0v) is 16.1. The van der Waals surface area contributed by atoms with Crippen molar-refractivity contribution in [3.05, 3.63) is 68.0 Å². The van der Waals surface area contributed by atoms with Crippen molar-refractivity contribution in [2.24, 2.45) is 11.8 Å². The lowest BCUT2D eigenvalue weighted by molar-refractivity contribution is 0.301. The van der Waals surface area contributed by atoms with E-state index in [1.54, 1.807) is 4.40 Å². The first-order valence-corrected chi connectivity index (χ1v) is 10.3. The smallest absolute Gasteiger partial charge is 0.261 e. The highest BCUT2D eigenvalue weighted by Gasteiger charge is 2.55. The summed E-state index contributed by atoms with van der Waals surface area (Å²) >= 11 is 7.64. The van der Waals surface area contributed by atoms with Gasteiger partial charge < -0.3 is 4.90 Å². The van der Waals surface area contributed by atoms with Crippen molar-refractivity contribution in [3.63, 3.8) is 0 Å². The summed E-state index contributed by atoms with van der Waals surface area (Å²) in [7, 11) is 0. The lowest BCUT2D eigenvalue weighted by Crippen LogP contribution is -2.29. The monoisotopic (exact) mass is 385 g/mol. The van der Waals surface area contributed by atoms with Crippen LogP contribution in [0.5, 0.6) is 0 Å². The molecule has 1 saturated carbocycles. The summed E-state index contributed by atoms with van der Waals surface area (Å²) in [5, 5.41) is 2.74. The molecule has 2 aromatic heterocycles. The summed E-state index contributed by atoms with van der Waals surface area (Å²) in [5.74, 6) is 2.16. The number of hydrogen-bond acceptors (Lipinski definition) is 4. The average Bonchev–Trinajstić information content (AvgIpc) is 2.97. The molecular weight excluding hydrogens is 366 g/mol. The number of halogens is 1. The molecule has 26 heavy (non-hydrogen) atoms. The third kappa shape index (κ3) is 2.70. The molecule has 0 radical (unpaired) electrons. The Balaban J connectivity index is 1.25. The van der Waals surface area contributed by atoms with Crippen LogP contribution in [0.4, 0.5) is 0 Å². The van der Waals surface area contributed by atoms with Crippen LogP contribution in [0.1, 0.15) is 22.7 Å². The van der Waals surface area contributed by atoms with Gasteiger partial charge >= 0.3 is 0 Å². The number of benzene rings is 1. The minimum atomic E-state index is 0.0925. The number of aromatic nitrogens is 2. The molecule has 1 saturated heterocycles. The first-order chi connectivity index (χ1) is 12.6. The third-order valence-electron chi connectivity index (χ3n) is 5.95. The lowest BCUT2D eigenvalue weighted by atomic mass is 10.1. The molecule has 4 nitrogen and oxygen atoms in total. The molecule has 134 valence electrons. The van der Waals surface area contributed by atoms with Gasteiger partial charge in [-0.05, 0) is 48.8 Å². The fourth-order valence-corrected chi connectivity index (χ4v) is 5.53. The van der Waals surface area contributed by atoms with Crippen molar-refractivity contribution in [3.8, 4) is 0 Å². The Kier molecular flexibility index (Phi) is 3.92. The molecule has 0 amide bonds. The van der Waals surface area contributed by atoms with Crippen molar-refractivity contribution in [2.45, 2.75) is 19.3 Å². The van der Waals surface area contributed by atoms with Crippen LogP contribution >= 0.6 is 22.9 Å². The summed E-state index contributed by atoms with van der Waals surface area (Å²) in [6.45, 7) is 5.13. The van der Waals surface area contributed by atoms with Crippen LogP contribution in [0.3, 0.4) is 0 Å². The molecule has 0 N–H and O–H groups in total. The van der Waals surface area contributed by atoms with Gasteiger partial charge in [0, 0.05) is 47.5 Å². The van der Waals surface area contributed by atoms with E-state index in [0.29, 0.717) is 5.92 Å². The first-order valence-electron chi connectivity index (χ1n) is 9.05. The van der Waals surface area contributed by atoms with Gasteiger partial charge in [-0.2, -0.15) is 0 Å². The van der Waals surface area contributed by atoms with E-state index < -0.39 is 0 Å². The molecule has 3 heterocycles. The Morgan fingerprint density at radius 3 is 2.88 bits per heavy atom. The van der Waals surface area contributed by atoms with Crippen LogP contribution in [0.2, 0.25) is 5.02 Å². The van der Waals surface area contributed by atoms with Crippen molar-refractivity contribution in [2.75, 3.05) is 19.6 Å². The summed E-state index contributed by atoms with van der Waals surface area (Å²) in [6, 6.07) is 8.30. The number of rotatable bonds is 4. The molecule has 0 bridgehead atoms. The van der Waals surface area contributed by atoms with Gasteiger partial charge in [0.05, 0.1) is 0 Å². The fraction of sp³-hybridized carbons (Fsp3) is 0.400. The summed E-state index contributed by atoms with van der Waals surface area (Å²) < 4.78 is 1.67. The Labute approximate surface area is 161 Å². The number of likely N-dealkylation sites (tertiary alicyclic amines) is 1. The van der Waals surface area contributed by atoms with E-state index in [1.165, 1.54) is 16.9 Å². The predicted molar refractivity (Wildman–Crippen MR) is 105 cm³/mol. The minimum absolute atomic E-state index is 0.0925. The predicted octanol–water partition coefficient (Wildman–Crippen LogP) is 3.61. The van der Waals surface area contributed by atoms with Crippen LogP contribution in [-0.2, 0) is 6.42 Å². The van der Waals surface area contributed by atoms with E-state index in [-0.39, 0.29) is 5.56 Å². The molecule has 6 heteroatoms. The second-order valence-corrected chi connectivity index (χ2v) is 8.76. The van der Waals surface area contributed by atoms with Gasteiger partial charge in [0.15, 0.2) is 4.96 Å². The number of piperidine rings is 1. The maximum absolute atomic E-state index is 12.7. The van der Waals surface area contributed by atoms with Crippen molar-refractivity contribution in [1.29, 1.82) is 0 Å². The molecular formula is C20H20ClN3OS. The lowest BCUT2D eigenvalue weighted by Gasteiger charge is -2.19. The minimum Gasteiger partial charge on any atom is -0.302 e. The van der Waals surface area contributed by atoms with Gasteiger partial charge in [-0.25, -0.2) is 4.98 Å². The molecule has 2 atom stereocenters. The largest absolute Gasteiger partial charge is 0.302 e. The summed E-state index contributed by atoms with van der Waals surface area (Å²) in [5.41, 5.74) is 3.20. The van der Waals surface area contributed by atoms with Crippen LogP contribution in [0.15, 0.2) is 40.6 Å². The van der Waals surface area contributed by atoms with E-state index in [1.807, 2.05) is 30.6 Å². The molecule has 1 aliphatic heterocycles. The zero-order chi connectivity index (χ0) is 17.8. The zero-order valence-electron chi connectivity index (χ0n) is 14.6. The molecule has 2 aliphatic rings. The van der Waals surface area contributed by atoms with Crippen LogP contribution < -0.4 is 5.56 Å². The van der Waals surface area contributed by atoms with Gasteiger partial charge in [-0.1, -0.05) is 23.7 Å². The van der Waals surface area contributed by atoms with Crippen molar-refractivity contribution < 1.29 is 0 Å². The molecule has 3 aromatic rings. The maximum atomic E-state index is 12.7. The molecule has 5 rings (SSSR count). The van der Waals surface area contributed by atoms with Crippen LogP contribution in [0, 0.1) is 18.8 Å². The molecule has 2 fully saturated rings. The van der Waals surface area contributed by atoms with Gasteiger partial charge in [-0.3, -0.25) is 9.20 Å². The third-order valence-corrected chi connectivity index (χ3v) is 6.94. The second-order valence-electron chi connectivity index (χ2n) is 7.45. The molecule has 0 spiro atoms. The van der Waals surface area contributed by atoms with Gasteiger partial charge in [0.1, 0.15) is 0 Å². The second kappa shape index (κ2) is 6.19. The number of nitrogens with zero attached hydrogens (tertiary/aromatic N) is 3. The number of aryl methyl sites for hydroxylation is 1. The van der Waals surface area contributed by atoms with Crippen LogP contribution in [-0.4, -0.2) is 33.9 Å². The quantitative estimate of drug-likeness (QED) is 0.688. The number of hydrogen-bond donors (Lipinski definition) is 0. The fourth-order valence-electron chi connectivity index (χ4n) is 4.58. The number of thiazole rings is 1. The Bertz CT molecular complexity index is 1030. The Morgan fingerprint density at radius 2 is 2.12 bits per heavy atom. The molecule has 1 aromatic carbocycles. The van der Waals surface area contributed by atoms with E-state index in [2.05, 4.69) is 22.0 Å². The van der Waals surface area contributed by atoms with Gasteiger partial charge in [-0.15, -0.1) is 11.3 Å². The van der Waals surface area contributed by atoms with E-state index in [9.17, 15) is 4.79 Å². The summed E-state index contributed by atoms with van der Waals surface area (Å²) in [6.07, 6.45) is 2.59. The summed E-state index contributed by atoms with van der Waals surface area (Å²) in [4.78, 5) is 20.5. The normalized spacial score (nSPS) is 24.9. The highest BCUT2D eigenvalue weighted by molar-refractivity contribution is 7.15. The van der Waals surface area contributed by atoms with Crippen molar-refractivity contribution in [1.82, 2.24) is 14.3 Å². The highest BCUT2D eigenvalue weighted by Crippen LogP contribution is 2.58. The Hall–Kier alpha value is -1.69. The molecule has 2 unspecified atom stereocenters. The van der Waals surface area contributed by atoms with Gasteiger partial charge in [0.25, 0.3) is 5.56 Å². The van der Waals surface area contributed by atoms with E-state index in [0.717, 1.165) is 59.1 Å². The SMILES string of the molecule is Cc1nc2sccn2c(=O)c1CCN1CC2C(C1)C2c1cccc(Cl)c1. The van der Waals surface area contributed by atoms with E-state index >= 15 is 0 Å². The highest BCUT2D eigenvalue weighted by atomic mass is 35.5. The average molecular weight is 386 g/mol. The Morgan fingerprint density at radius 1 is 1.31 bits per heavy atom. The van der Waals surface area contributed by atoms with Gasteiger partial charge in [0.2, 0.25) is 0 Å². The van der Waals surface area contributed by atoms with Crippen LogP contribution in [0.25, 0.3) is 4.96 Å². The molecule has 1 aliphatic carbocycles. The van der Waals surface area contributed by atoms with E-state index in [4.69, 9.17) is 11.6 Å². The van der Waals surface area contributed by atoms with Crippen molar-refractivity contribution >= 4 is 27.9 Å².